The van der Waals surface area contributed by atoms with Crippen molar-refractivity contribution >= 4 is 29.6 Å². The number of urea groups is 1. The average Bonchev–Trinajstić information content (AvgIpc) is 3.04. The van der Waals surface area contributed by atoms with Crippen molar-refractivity contribution in [2.45, 2.75) is 27.7 Å². The third kappa shape index (κ3) is 3.34. The zero-order valence-corrected chi connectivity index (χ0v) is 18.8. The number of likely N-dealkylation sites (N-methyl/N-ethyl adjacent to an activating group) is 1. The minimum Gasteiger partial charge on any atom is -0.317 e. The molecule has 0 spiro atoms. The van der Waals surface area contributed by atoms with E-state index in [-0.39, 0.29) is 5.57 Å². The van der Waals surface area contributed by atoms with Gasteiger partial charge < -0.3 is 4.57 Å². The van der Waals surface area contributed by atoms with Gasteiger partial charge in [-0.3, -0.25) is 14.5 Å². The number of anilines is 1. The molecule has 2 heterocycles. The maximum atomic E-state index is 13.3. The molecule has 6 heteroatoms. The van der Waals surface area contributed by atoms with E-state index in [2.05, 4.69) is 30.5 Å². The normalized spacial score (nSPS) is 15.8. The van der Waals surface area contributed by atoms with Gasteiger partial charge in [0.1, 0.15) is 5.57 Å². The van der Waals surface area contributed by atoms with E-state index in [0.717, 1.165) is 43.6 Å². The Kier molecular flexibility index (Phi) is 5.30. The van der Waals surface area contributed by atoms with E-state index in [0.29, 0.717) is 5.69 Å². The van der Waals surface area contributed by atoms with Crippen LogP contribution in [0.15, 0.2) is 60.2 Å². The molecule has 4 amide bonds. The quantitative estimate of drug-likeness (QED) is 0.449. The summed E-state index contributed by atoms with van der Waals surface area (Å²) >= 11 is 0. The molecule has 0 radical (unpaired) electrons. The van der Waals surface area contributed by atoms with Gasteiger partial charge in [0.15, 0.2) is 0 Å². The maximum absolute atomic E-state index is 13.3. The zero-order chi connectivity index (χ0) is 23.2. The molecule has 0 aliphatic carbocycles. The van der Waals surface area contributed by atoms with Crippen LogP contribution in [-0.2, 0) is 9.59 Å². The van der Waals surface area contributed by atoms with Crippen molar-refractivity contribution in [1.29, 1.82) is 0 Å². The number of rotatable bonds is 3. The van der Waals surface area contributed by atoms with Gasteiger partial charge in [0, 0.05) is 18.4 Å². The second-order valence-corrected chi connectivity index (χ2v) is 8.08. The first-order valence-corrected chi connectivity index (χ1v) is 10.4. The van der Waals surface area contributed by atoms with Crippen LogP contribution in [0.3, 0.4) is 0 Å². The Hall–Kier alpha value is -3.93. The van der Waals surface area contributed by atoms with Crippen LogP contribution in [-0.4, -0.2) is 34.4 Å². The fourth-order valence-corrected chi connectivity index (χ4v) is 4.24. The third-order valence-electron chi connectivity index (χ3n) is 5.89. The lowest BCUT2D eigenvalue weighted by molar-refractivity contribution is -0.128. The van der Waals surface area contributed by atoms with Crippen LogP contribution >= 0.6 is 0 Å². The Labute approximate surface area is 187 Å². The summed E-state index contributed by atoms with van der Waals surface area (Å²) in [5, 5.41) is 0. The van der Waals surface area contributed by atoms with Crippen molar-refractivity contribution in [1.82, 2.24) is 9.47 Å². The number of benzene rings is 2. The second kappa shape index (κ2) is 7.96. The smallest absolute Gasteiger partial charge is 0.317 e. The first-order valence-electron chi connectivity index (χ1n) is 10.4. The van der Waals surface area contributed by atoms with E-state index in [9.17, 15) is 14.4 Å². The van der Waals surface area contributed by atoms with Gasteiger partial charge in [0.2, 0.25) is 0 Å². The van der Waals surface area contributed by atoms with Gasteiger partial charge >= 0.3 is 6.03 Å². The van der Waals surface area contributed by atoms with Crippen molar-refractivity contribution in [2.24, 2.45) is 0 Å². The SMILES string of the molecule is Cc1cccc(C)c1-n1c(C)cc(/C=C2\C(=O)N(C)C(=O)N(c3ccccc3)C2=O)c1C. The molecular weight excluding hydrogens is 402 g/mol. The Morgan fingerprint density at radius 2 is 1.41 bits per heavy atom. The number of hydrogen-bond acceptors (Lipinski definition) is 3. The fraction of sp³-hybridized carbons (Fsp3) is 0.192. The van der Waals surface area contributed by atoms with E-state index in [1.165, 1.54) is 7.05 Å². The van der Waals surface area contributed by atoms with Gasteiger partial charge in [-0.05, 0) is 68.7 Å². The maximum Gasteiger partial charge on any atom is 0.338 e. The van der Waals surface area contributed by atoms with E-state index in [1.807, 2.05) is 26.0 Å². The van der Waals surface area contributed by atoms with Crippen molar-refractivity contribution in [3.05, 3.63) is 88.2 Å². The van der Waals surface area contributed by atoms with Crippen molar-refractivity contribution < 1.29 is 14.4 Å². The number of imide groups is 2. The highest BCUT2D eigenvalue weighted by Crippen LogP contribution is 2.29. The topological polar surface area (TPSA) is 62.6 Å². The van der Waals surface area contributed by atoms with Crippen LogP contribution in [0.1, 0.15) is 28.1 Å². The van der Waals surface area contributed by atoms with Crippen molar-refractivity contribution in [2.75, 3.05) is 11.9 Å². The lowest BCUT2D eigenvalue weighted by Gasteiger charge is -2.31. The molecule has 32 heavy (non-hydrogen) atoms. The average molecular weight is 428 g/mol. The van der Waals surface area contributed by atoms with Gasteiger partial charge in [-0.15, -0.1) is 0 Å². The third-order valence-corrected chi connectivity index (χ3v) is 5.89. The molecule has 0 bridgehead atoms. The second-order valence-electron chi connectivity index (χ2n) is 8.08. The summed E-state index contributed by atoms with van der Waals surface area (Å²) in [7, 11) is 1.39. The number of nitrogens with zero attached hydrogens (tertiary/aromatic N) is 3. The van der Waals surface area contributed by atoms with Crippen LogP contribution < -0.4 is 4.90 Å². The predicted molar refractivity (Wildman–Crippen MR) is 125 cm³/mol. The Morgan fingerprint density at radius 1 is 0.781 bits per heavy atom. The number of hydrogen-bond donors (Lipinski definition) is 0. The summed E-state index contributed by atoms with van der Waals surface area (Å²) in [5.41, 5.74) is 6.41. The summed E-state index contributed by atoms with van der Waals surface area (Å²) in [6.45, 7) is 8.09. The minimum absolute atomic E-state index is 0.0438. The summed E-state index contributed by atoms with van der Waals surface area (Å²) in [6, 6.07) is 16.1. The number of carbonyl (C=O) groups excluding carboxylic acids is 3. The minimum atomic E-state index is -0.663. The molecule has 2 aromatic carbocycles. The molecular formula is C26H25N3O3. The molecule has 1 aliphatic heterocycles. The molecule has 1 saturated heterocycles. The molecule has 1 fully saturated rings. The Morgan fingerprint density at radius 3 is 2.03 bits per heavy atom. The highest BCUT2D eigenvalue weighted by atomic mass is 16.2. The van der Waals surface area contributed by atoms with Crippen LogP contribution in [0.2, 0.25) is 0 Å². The highest BCUT2D eigenvalue weighted by Gasteiger charge is 2.41. The number of barbiturate groups is 1. The number of carbonyl (C=O) groups is 3. The van der Waals surface area contributed by atoms with E-state index in [1.54, 1.807) is 36.4 Å². The van der Waals surface area contributed by atoms with E-state index < -0.39 is 17.8 Å². The molecule has 162 valence electrons. The Bertz CT molecular complexity index is 1260. The van der Waals surface area contributed by atoms with Crippen LogP contribution in [0.4, 0.5) is 10.5 Å². The van der Waals surface area contributed by atoms with Crippen molar-refractivity contribution in [3.8, 4) is 5.69 Å². The van der Waals surface area contributed by atoms with Gasteiger partial charge in [0.25, 0.3) is 11.8 Å². The molecule has 1 aliphatic rings. The number of amides is 4. The molecule has 0 atom stereocenters. The lowest BCUT2D eigenvalue weighted by atomic mass is 10.1. The monoisotopic (exact) mass is 427 g/mol. The molecule has 0 saturated carbocycles. The highest BCUT2D eigenvalue weighted by molar-refractivity contribution is 6.39. The summed E-state index contributed by atoms with van der Waals surface area (Å²) in [5.74, 6) is -1.23. The van der Waals surface area contributed by atoms with Gasteiger partial charge in [-0.25, -0.2) is 9.69 Å². The zero-order valence-electron chi connectivity index (χ0n) is 18.8. The molecule has 0 unspecified atom stereocenters. The molecule has 1 aromatic heterocycles. The number of aromatic nitrogens is 1. The molecule has 0 N–H and O–H groups in total. The lowest BCUT2D eigenvalue weighted by Crippen LogP contribution is -2.55. The van der Waals surface area contributed by atoms with Crippen LogP contribution in [0.25, 0.3) is 11.8 Å². The van der Waals surface area contributed by atoms with Gasteiger partial charge in [-0.2, -0.15) is 0 Å². The predicted octanol–water partition coefficient (Wildman–Crippen LogP) is 4.72. The molecule has 6 nitrogen and oxygen atoms in total. The first-order chi connectivity index (χ1) is 15.2. The summed E-state index contributed by atoms with van der Waals surface area (Å²) < 4.78 is 2.14. The van der Waals surface area contributed by atoms with E-state index in [4.69, 9.17) is 0 Å². The first kappa shape index (κ1) is 21.3. The van der Waals surface area contributed by atoms with Gasteiger partial charge in [-0.1, -0.05) is 36.4 Å². The van der Waals surface area contributed by atoms with Crippen LogP contribution in [0.5, 0.6) is 0 Å². The fourth-order valence-electron chi connectivity index (χ4n) is 4.24. The number of para-hydroxylation sites is 2. The number of aryl methyl sites for hydroxylation is 3. The largest absolute Gasteiger partial charge is 0.338 e. The molecule has 4 rings (SSSR count). The van der Waals surface area contributed by atoms with Crippen molar-refractivity contribution in [3.63, 3.8) is 0 Å². The summed E-state index contributed by atoms with van der Waals surface area (Å²) in [6.07, 6.45) is 1.59. The molecule has 3 aromatic rings. The van der Waals surface area contributed by atoms with E-state index >= 15 is 0 Å². The summed E-state index contributed by atoms with van der Waals surface area (Å²) in [4.78, 5) is 40.9. The van der Waals surface area contributed by atoms with Crippen LogP contribution in [0, 0.1) is 27.7 Å². The van der Waals surface area contributed by atoms with Gasteiger partial charge in [0.05, 0.1) is 11.4 Å². The standard InChI is InChI=1S/C26H25N3O3/c1-16-10-9-11-17(2)23(16)28-18(3)14-20(19(28)4)15-22-24(30)27(5)26(32)29(25(22)31)21-12-7-6-8-13-21/h6-15H,1-5H3/b22-15+. The Balaban J connectivity index is 1.84.